The molecule has 0 spiro atoms. The Balaban J connectivity index is 1.99. The Labute approximate surface area is 175 Å². The van der Waals surface area contributed by atoms with Gasteiger partial charge in [0.15, 0.2) is 5.82 Å². The summed E-state index contributed by atoms with van der Waals surface area (Å²) in [6.45, 7) is 0. The van der Waals surface area contributed by atoms with Crippen LogP contribution < -0.4 is 5.01 Å². The van der Waals surface area contributed by atoms with Gasteiger partial charge in [0.1, 0.15) is 0 Å². The van der Waals surface area contributed by atoms with Crippen molar-refractivity contribution in [1.29, 1.82) is 0 Å². The van der Waals surface area contributed by atoms with Gasteiger partial charge in [0.05, 0.1) is 11.4 Å². The molecule has 3 nitrogen and oxygen atoms in total. The van der Waals surface area contributed by atoms with Gasteiger partial charge in [-0.25, -0.2) is 9.40 Å². The zero-order valence-electron chi connectivity index (χ0n) is 16.0. The maximum atomic E-state index is 14.7. The van der Waals surface area contributed by atoms with E-state index in [0.29, 0.717) is 16.8 Å². The third-order valence-electron chi connectivity index (χ3n) is 4.46. The predicted molar refractivity (Wildman–Crippen MR) is 111 cm³/mol. The number of hydrazone groups is 1. The molecule has 1 heterocycles. The molecule has 0 aliphatic rings. The number of anilines is 2. The summed E-state index contributed by atoms with van der Waals surface area (Å²) in [5.74, 6) is -8.14. The molecular weight excluding hydrogens is 406 g/mol. The van der Waals surface area contributed by atoms with Crippen LogP contribution in [0.25, 0.3) is 0 Å². The maximum Gasteiger partial charge on any atom is 0.254 e. The van der Waals surface area contributed by atoms with Crippen molar-refractivity contribution in [1.82, 2.24) is 4.98 Å². The first-order chi connectivity index (χ1) is 15.1. The molecule has 0 saturated heterocycles. The molecule has 0 amide bonds. The number of rotatable bonds is 5. The van der Waals surface area contributed by atoms with Crippen LogP contribution >= 0.6 is 0 Å². The van der Waals surface area contributed by atoms with E-state index in [1.165, 1.54) is 0 Å². The zero-order valence-corrected chi connectivity index (χ0v) is 16.0. The molecule has 0 aliphatic carbocycles. The van der Waals surface area contributed by atoms with E-state index in [4.69, 9.17) is 0 Å². The number of pyridine rings is 1. The normalized spacial score (nSPS) is 10.6. The van der Waals surface area contributed by atoms with E-state index >= 15 is 0 Å². The summed E-state index contributed by atoms with van der Waals surface area (Å²) < 4.78 is 56.1. The molecule has 0 radical (unpaired) electrons. The largest absolute Gasteiger partial charge is 0.254 e. The minimum absolute atomic E-state index is 0.281. The monoisotopic (exact) mass is 421 g/mol. The summed E-state index contributed by atoms with van der Waals surface area (Å²) in [5, 5.41) is 5.48. The lowest BCUT2D eigenvalue weighted by Crippen LogP contribution is -2.19. The topological polar surface area (TPSA) is 28.5 Å². The molecule has 1 aromatic heterocycles. The highest BCUT2D eigenvalue weighted by atomic mass is 19.2. The summed E-state index contributed by atoms with van der Waals surface area (Å²) in [6.07, 6.45) is 0. The minimum Gasteiger partial charge on any atom is -0.212 e. The van der Waals surface area contributed by atoms with Crippen LogP contribution in [0.3, 0.4) is 0 Å². The van der Waals surface area contributed by atoms with Gasteiger partial charge in [0.25, 0.3) is 5.95 Å². The standard InChI is InChI=1S/C24H15F4N3/c25-19-20(26)23(28)29-24(21(19)27)31(18-14-8-3-9-15-18)30-22(16-10-4-1-5-11-16)17-12-6-2-7-13-17/h1-15H. The van der Waals surface area contributed by atoms with E-state index in [1.807, 2.05) is 12.1 Å². The predicted octanol–water partition coefficient (Wildman–Crippen LogP) is 6.23. The van der Waals surface area contributed by atoms with E-state index in [2.05, 4.69) is 10.1 Å². The minimum atomic E-state index is -1.98. The van der Waals surface area contributed by atoms with E-state index in [-0.39, 0.29) is 5.69 Å². The van der Waals surface area contributed by atoms with Crippen molar-refractivity contribution in [3.05, 3.63) is 126 Å². The molecule has 0 bridgehead atoms. The van der Waals surface area contributed by atoms with Crippen LogP contribution in [0.4, 0.5) is 29.1 Å². The second-order valence-electron chi connectivity index (χ2n) is 6.50. The number of hydrogen-bond donors (Lipinski definition) is 0. The zero-order chi connectivity index (χ0) is 21.8. The van der Waals surface area contributed by atoms with Gasteiger partial charge in [-0.3, -0.25) is 0 Å². The lowest BCUT2D eigenvalue weighted by Gasteiger charge is -2.21. The second-order valence-corrected chi connectivity index (χ2v) is 6.50. The SMILES string of the molecule is Fc1nc(N(N=C(c2ccccc2)c2ccccc2)c2ccccc2)c(F)c(F)c1F. The fourth-order valence-electron chi connectivity index (χ4n) is 2.99. The van der Waals surface area contributed by atoms with Crippen molar-refractivity contribution in [3.63, 3.8) is 0 Å². The first-order valence-corrected chi connectivity index (χ1v) is 9.31. The van der Waals surface area contributed by atoms with Gasteiger partial charge < -0.3 is 0 Å². The van der Waals surface area contributed by atoms with Crippen LogP contribution in [-0.2, 0) is 0 Å². The number of aromatic nitrogens is 1. The van der Waals surface area contributed by atoms with Crippen LogP contribution in [0.2, 0.25) is 0 Å². The van der Waals surface area contributed by atoms with Crippen molar-refractivity contribution in [2.75, 3.05) is 5.01 Å². The van der Waals surface area contributed by atoms with E-state index < -0.39 is 29.2 Å². The first-order valence-electron chi connectivity index (χ1n) is 9.31. The van der Waals surface area contributed by atoms with Gasteiger partial charge >= 0.3 is 0 Å². The Morgan fingerprint density at radius 2 is 1.10 bits per heavy atom. The highest BCUT2D eigenvalue weighted by Crippen LogP contribution is 2.30. The number of halogens is 4. The van der Waals surface area contributed by atoms with E-state index in [0.717, 1.165) is 5.01 Å². The van der Waals surface area contributed by atoms with E-state index in [1.54, 1.807) is 78.9 Å². The summed E-state index contributed by atoms with van der Waals surface area (Å²) in [4.78, 5) is 3.31. The van der Waals surface area contributed by atoms with Crippen LogP contribution in [0.5, 0.6) is 0 Å². The van der Waals surface area contributed by atoms with Gasteiger partial charge in [-0.15, -0.1) is 0 Å². The fourth-order valence-corrected chi connectivity index (χ4v) is 2.99. The number of para-hydroxylation sites is 1. The van der Waals surface area contributed by atoms with Gasteiger partial charge in [-0.2, -0.15) is 23.3 Å². The van der Waals surface area contributed by atoms with Gasteiger partial charge in [0, 0.05) is 11.1 Å². The molecule has 0 atom stereocenters. The second kappa shape index (κ2) is 8.79. The number of hydrogen-bond acceptors (Lipinski definition) is 3. The molecule has 31 heavy (non-hydrogen) atoms. The first kappa shape index (κ1) is 20.3. The Bertz CT molecular complexity index is 1170. The number of benzene rings is 3. The van der Waals surface area contributed by atoms with Crippen LogP contribution in [0.15, 0.2) is 96.1 Å². The van der Waals surface area contributed by atoms with Crippen molar-refractivity contribution < 1.29 is 17.6 Å². The Morgan fingerprint density at radius 3 is 1.61 bits per heavy atom. The summed E-state index contributed by atoms with van der Waals surface area (Å²) in [5.41, 5.74) is 2.04. The molecule has 0 fully saturated rings. The van der Waals surface area contributed by atoms with Crippen LogP contribution in [-0.4, -0.2) is 10.7 Å². The molecule has 7 heteroatoms. The average molecular weight is 421 g/mol. The maximum absolute atomic E-state index is 14.7. The quantitative estimate of drug-likeness (QED) is 0.165. The highest BCUT2D eigenvalue weighted by molar-refractivity contribution is 6.13. The van der Waals surface area contributed by atoms with Gasteiger partial charge in [-0.05, 0) is 12.1 Å². The average Bonchev–Trinajstić information content (AvgIpc) is 2.83. The van der Waals surface area contributed by atoms with Crippen LogP contribution in [0.1, 0.15) is 11.1 Å². The van der Waals surface area contributed by atoms with Gasteiger partial charge in [-0.1, -0.05) is 78.9 Å². The highest BCUT2D eigenvalue weighted by Gasteiger charge is 2.26. The number of nitrogens with zero attached hydrogens (tertiary/aromatic N) is 3. The lowest BCUT2D eigenvalue weighted by molar-refractivity contribution is 0.392. The van der Waals surface area contributed by atoms with Crippen LogP contribution in [0, 0.1) is 23.4 Å². The smallest absolute Gasteiger partial charge is 0.212 e. The molecule has 3 aromatic carbocycles. The van der Waals surface area contributed by atoms with Gasteiger partial charge in [0.2, 0.25) is 17.5 Å². The summed E-state index contributed by atoms with van der Waals surface area (Å²) in [7, 11) is 0. The van der Waals surface area contributed by atoms with Crippen molar-refractivity contribution in [2.24, 2.45) is 5.10 Å². The molecule has 0 N–H and O–H groups in total. The molecule has 0 unspecified atom stereocenters. The molecule has 0 aliphatic heterocycles. The Morgan fingerprint density at radius 1 is 0.613 bits per heavy atom. The van der Waals surface area contributed by atoms with Crippen molar-refractivity contribution >= 4 is 17.2 Å². The van der Waals surface area contributed by atoms with E-state index in [9.17, 15) is 17.6 Å². The summed E-state index contributed by atoms with van der Waals surface area (Å²) >= 11 is 0. The molecule has 4 rings (SSSR count). The molecule has 0 saturated carbocycles. The molecule has 4 aromatic rings. The summed E-state index contributed by atoms with van der Waals surface area (Å²) in [6, 6.07) is 26.2. The fraction of sp³-hybridized carbons (Fsp3) is 0. The van der Waals surface area contributed by atoms with Crippen molar-refractivity contribution in [2.45, 2.75) is 0 Å². The Kier molecular flexibility index (Phi) is 5.75. The molecular formula is C24H15F4N3. The third-order valence-corrected chi connectivity index (χ3v) is 4.46. The Hall–Kier alpha value is -4.00. The molecule has 154 valence electrons. The third kappa shape index (κ3) is 4.16. The van der Waals surface area contributed by atoms with Crippen molar-refractivity contribution in [3.8, 4) is 0 Å². The lowest BCUT2D eigenvalue weighted by atomic mass is 10.0.